The number of Topliss-reactive ketones (excluding diaryl/α,β-unsaturated/α-hetero) is 3. The Kier molecular flexibility index (Phi) is 23.6. The van der Waals surface area contributed by atoms with Crippen LogP contribution in [0.4, 0.5) is 17.6 Å². The number of amides is 1. The molecular weight excluding hydrogens is 1050 g/mol. The summed E-state index contributed by atoms with van der Waals surface area (Å²) in [5, 5.41) is 20.0. The number of rotatable bonds is 25. The van der Waals surface area contributed by atoms with Crippen molar-refractivity contribution in [1.29, 1.82) is 0 Å². The van der Waals surface area contributed by atoms with Gasteiger partial charge in [0.25, 0.3) is 11.1 Å². The molecule has 1 N–H and O–H groups in total. The lowest BCUT2D eigenvalue weighted by Gasteiger charge is -2.26. The fourth-order valence-corrected chi connectivity index (χ4v) is 10.3. The highest BCUT2D eigenvalue weighted by Gasteiger charge is 2.32. The first-order valence-corrected chi connectivity index (χ1v) is 27.6. The number of aromatic nitrogens is 6. The summed E-state index contributed by atoms with van der Waals surface area (Å²) >= 11 is 0. The van der Waals surface area contributed by atoms with E-state index in [4.69, 9.17) is 0 Å². The number of hydrogen-bond donors (Lipinski definition) is 1. The third-order valence-corrected chi connectivity index (χ3v) is 14.0. The number of nitrogens with one attached hydrogen (secondary N) is 1. The van der Waals surface area contributed by atoms with Crippen molar-refractivity contribution in [2.24, 2.45) is 11.8 Å². The maximum absolute atomic E-state index is 14.7. The quantitative estimate of drug-likeness (QED) is 0.0536. The number of likely N-dealkylation sites (N-methyl/N-ethyl adjacent to an activating group) is 1. The zero-order valence-electron chi connectivity index (χ0n) is 49.5. The summed E-state index contributed by atoms with van der Waals surface area (Å²) in [7, 11) is 4.88. The van der Waals surface area contributed by atoms with Gasteiger partial charge in [0.2, 0.25) is 5.91 Å². The Labute approximate surface area is 478 Å². The summed E-state index contributed by atoms with van der Waals surface area (Å²) in [6.07, 6.45) is 1.38. The minimum atomic E-state index is -4.37. The SMILES string of the molecule is CC(=O)C[C@H](CC(=O)[C@H](CC(C)C)n1ccc(C(F)CN(C)C)cc1=O)c1cnnc(-c2c(C)cccc2C)c1.CC(=O)C[C@H](NC(=O)[C@H](CC(C)C)n1cc(CN(C)CC(F)(F)F)ccc1=O)c1cnnc(-c2c(C)cccc2C)c1. The Bertz CT molecular complexity index is 3260. The van der Waals surface area contributed by atoms with Crippen LogP contribution in [-0.2, 0) is 25.7 Å². The van der Waals surface area contributed by atoms with Gasteiger partial charge in [0.05, 0.1) is 42.4 Å². The highest BCUT2D eigenvalue weighted by molar-refractivity contribution is 5.85. The number of alkyl halides is 4. The second kappa shape index (κ2) is 29.6. The van der Waals surface area contributed by atoms with Gasteiger partial charge in [-0.1, -0.05) is 70.2 Å². The molecule has 0 aliphatic carbocycles. The van der Waals surface area contributed by atoms with Crippen LogP contribution in [0.5, 0.6) is 0 Å². The van der Waals surface area contributed by atoms with Gasteiger partial charge in [-0.05, 0) is 156 Å². The maximum Gasteiger partial charge on any atom is 0.401 e. The third kappa shape index (κ3) is 19.1. The van der Waals surface area contributed by atoms with Gasteiger partial charge in [0, 0.05) is 68.0 Å². The fraction of sp³-hybridized carbons (Fsp3) is 0.460. The lowest BCUT2D eigenvalue weighted by atomic mass is 9.86. The second-order valence-corrected chi connectivity index (χ2v) is 22.8. The average Bonchev–Trinajstić information content (AvgIpc) is 3.48. The Hall–Kier alpha value is -7.38. The maximum atomic E-state index is 14.7. The summed E-state index contributed by atoms with van der Waals surface area (Å²) in [4.78, 5) is 81.0. The molecule has 1 amide bonds. The first-order chi connectivity index (χ1) is 38.5. The Morgan fingerprint density at radius 2 is 1.17 bits per heavy atom. The number of nitrogens with zero attached hydrogens (tertiary/aromatic N) is 8. The number of hydrogen-bond acceptors (Lipinski definition) is 12. The Morgan fingerprint density at radius 3 is 1.67 bits per heavy atom. The number of benzene rings is 2. The highest BCUT2D eigenvalue weighted by atomic mass is 19.4. The number of halogens is 4. The first-order valence-electron chi connectivity index (χ1n) is 27.6. The van der Waals surface area contributed by atoms with Crippen LogP contribution >= 0.6 is 0 Å². The van der Waals surface area contributed by atoms with Crippen LogP contribution in [0.2, 0.25) is 0 Å². The van der Waals surface area contributed by atoms with E-state index < -0.39 is 60.0 Å². The minimum absolute atomic E-state index is 0.00476. The minimum Gasteiger partial charge on any atom is -0.347 e. The zero-order chi connectivity index (χ0) is 60.7. The van der Waals surface area contributed by atoms with Gasteiger partial charge in [-0.15, -0.1) is 0 Å². The van der Waals surface area contributed by atoms with Crippen molar-refractivity contribution in [2.75, 3.05) is 34.2 Å². The van der Waals surface area contributed by atoms with E-state index in [-0.39, 0.29) is 61.5 Å². The molecular formula is C63H79F4N9O6. The molecule has 0 fully saturated rings. The van der Waals surface area contributed by atoms with Crippen LogP contribution in [0.25, 0.3) is 22.5 Å². The second-order valence-electron chi connectivity index (χ2n) is 22.8. The van der Waals surface area contributed by atoms with E-state index in [1.54, 1.807) is 37.3 Å². The molecule has 0 radical (unpaired) electrons. The van der Waals surface area contributed by atoms with E-state index in [2.05, 4.69) is 25.7 Å². The van der Waals surface area contributed by atoms with Crippen molar-refractivity contribution in [3.63, 3.8) is 0 Å². The molecule has 0 aliphatic heterocycles. The molecule has 0 saturated heterocycles. The molecule has 440 valence electrons. The van der Waals surface area contributed by atoms with Gasteiger partial charge in [0.15, 0.2) is 5.78 Å². The molecule has 2 aromatic carbocycles. The zero-order valence-corrected chi connectivity index (χ0v) is 49.5. The van der Waals surface area contributed by atoms with Gasteiger partial charge < -0.3 is 24.1 Å². The smallest absolute Gasteiger partial charge is 0.347 e. The van der Waals surface area contributed by atoms with Crippen LogP contribution < -0.4 is 16.4 Å². The van der Waals surface area contributed by atoms with E-state index in [1.165, 1.54) is 66.8 Å². The standard InChI is InChI=1S/C32H41FN4O3.C31H38F3N5O3/c1-20(2)13-29(37-12-11-24(17-31(37)40)27(33)19-36(6)7)30(39)16-25(14-23(5)38)26-15-28(35-34-18-26)32-21(3)9-8-10-22(32)4;1-19(2)12-27(39-17-23(10-11-28(39)41)16-38(6)18-31(32,33)34)30(42)36-25(13-22(5)40)24-14-26(37-35-15-24)29-20(3)8-7-9-21(29)4/h8-12,15,17-18,20,25,27,29H,13-14,16,19H2,1-7H3;7-11,14-15,17,19,25,27H,12-13,16,18H2,1-6H3,(H,36,42)/t25-,27?,29+;25-,27-/m10/s1. The molecule has 6 aromatic rings. The lowest BCUT2D eigenvalue weighted by molar-refractivity contribution is -0.144. The number of ketones is 3. The monoisotopic (exact) mass is 1130 g/mol. The van der Waals surface area contributed by atoms with Crippen LogP contribution in [-0.4, -0.2) is 103 Å². The molecule has 6 rings (SSSR count). The molecule has 0 bridgehead atoms. The summed E-state index contributed by atoms with van der Waals surface area (Å²) in [6, 6.07) is 18.8. The van der Waals surface area contributed by atoms with Crippen LogP contribution in [0.1, 0.15) is 148 Å². The third-order valence-electron chi connectivity index (χ3n) is 14.0. The van der Waals surface area contributed by atoms with E-state index in [9.17, 15) is 46.3 Å². The summed E-state index contributed by atoms with van der Waals surface area (Å²) in [5.74, 6) is -1.10. The molecule has 1 unspecified atom stereocenters. The first kappa shape index (κ1) is 65.4. The predicted octanol–water partition coefficient (Wildman–Crippen LogP) is 11.1. The van der Waals surface area contributed by atoms with Crippen molar-refractivity contribution < 1.29 is 36.7 Å². The molecule has 15 nitrogen and oxygen atoms in total. The van der Waals surface area contributed by atoms with Gasteiger partial charge in [-0.25, -0.2) is 4.39 Å². The topological polar surface area (TPSA) is 182 Å². The molecule has 0 aliphatic rings. The van der Waals surface area contributed by atoms with Gasteiger partial charge in [0.1, 0.15) is 23.8 Å². The van der Waals surface area contributed by atoms with E-state index in [0.29, 0.717) is 40.9 Å². The normalized spacial score (nSPS) is 13.6. The largest absolute Gasteiger partial charge is 0.401 e. The molecule has 5 atom stereocenters. The van der Waals surface area contributed by atoms with E-state index in [0.717, 1.165) is 43.8 Å². The molecule has 0 spiro atoms. The molecule has 4 heterocycles. The summed E-state index contributed by atoms with van der Waals surface area (Å²) < 4.78 is 55.9. The average molecular weight is 1130 g/mol. The summed E-state index contributed by atoms with van der Waals surface area (Å²) in [5.41, 5.74) is 8.56. The van der Waals surface area contributed by atoms with Gasteiger partial charge in [-0.3, -0.25) is 28.9 Å². The number of carbonyl (C=O) groups is 4. The van der Waals surface area contributed by atoms with E-state index >= 15 is 0 Å². The van der Waals surface area contributed by atoms with Crippen molar-refractivity contribution in [1.82, 2.24) is 44.6 Å². The molecule has 0 saturated carbocycles. The predicted molar refractivity (Wildman–Crippen MR) is 311 cm³/mol. The van der Waals surface area contributed by atoms with Gasteiger partial charge >= 0.3 is 6.18 Å². The highest BCUT2D eigenvalue weighted by Crippen LogP contribution is 2.33. The number of aryl methyl sites for hydroxylation is 4. The van der Waals surface area contributed by atoms with Crippen LogP contribution in [0.3, 0.4) is 0 Å². The van der Waals surface area contributed by atoms with Gasteiger partial charge in [-0.2, -0.15) is 33.6 Å². The Morgan fingerprint density at radius 1 is 0.646 bits per heavy atom. The van der Waals surface area contributed by atoms with Crippen LogP contribution in [0.15, 0.2) is 107 Å². The lowest BCUT2D eigenvalue weighted by Crippen LogP contribution is -2.40. The number of pyridine rings is 2. The number of carbonyl (C=O) groups excluding carboxylic acids is 4. The Balaban J connectivity index is 0.000000301. The molecule has 4 aromatic heterocycles. The van der Waals surface area contributed by atoms with Crippen molar-refractivity contribution >= 4 is 23.3 Å². The van der Waals surface area contributed by atoms with Crippen molar-refractivity contribution in [3.8, 4) is 22.5 Å². The molecule has 19 heteroatoms. The van der Waals surface area contributed by atoms with E-state index in [1.807, 2.05) is 97.9 Å². The van der Waals surface area contributed by atoms with Crippen molar-refractivity contribution in [2.45, 2.75) is 144 Å². The van der Waals surface area contributed by atoms with Crippen LogP contribution in [0, 0.1) is 39.5 Å². The summed E-state index contributed by atoms with van der Waals surface area (Å²) in [6.45, 7) is 17.7. The van der Waals surface area contributed by atoms with Crippen molar-refractivity contribution in [3.05, 3.63) is 163 Å². The molecule has 82 heavy (non-hydrogen) atoms. The fourth-order valence-electron chi connectivity index (χ4n) is 10.3.